The van der Waals surface area contributed by atoms with Crippen LogP contribution in [0.4, 0.5) is 38.1 Å². The topological polar surface area (TPSA) is 82.1 Å². The molecule has 2 N–H and O–H groups in total. The zero-order valence-electron chi connectivity index (χ0n) is 21.0. The van der Waals surface area contributed by atoms with Crippen molar-refractivity contribution in [3.8, 4) is 11.4 Å². The molecule has 1 saturated carbocycles. The van der Waals surface area contributed by atoms with E-state index in [0.717, 1.165) is 0 Å². The van der Waals surface area contributed by atoms with E-state index < -0.39 is 48.7 Å². The number of rotatable bonds is 5. The normalized spacial score (nSPS) is 21.6. The molecule has 0 atom stereocenters. The Morgan fingerprint density at radius 3 is 2.45 bits per heavy atom. The lowest BCUT2D eigenvalue weighted by Gasteiger charge is -2.40. The first kappa shape index (κ1) is 24.9. The van der Waals surface area contributed by atoms with Crippen LogP contribution in [0, 0.1) is 0 Å². The van der Waals surface area contributed by atoms with Crippen LogP contribution in [-0.4, -0.2) is 73.4 Å². The van der Waals surface area contributed by atoms with E-state index in [4.69, 9.17) is 0 Å². The van der Waals surface area contributed by atoms with Crippen molar-refractivity contribution >= 4 is 28.3 Å². The maximum Gasteiger partial charge on any atom is 0.322 e. The number of nitrogens with zero attached hydrogens (tertiary/aromatic N) is 5. The number of carbonyl (C=O) groups excluding carboxylic acids is 1. The molecule has 3 aromatic rings. The average Bonchev–Trinajstić information content (AvgIpc) is 3.29. The Bertz CT molecular complexity index is 1400. The van der Waals surface area contributed by atoms with Crippen LogP contribution in [0.2, 0.25) is 0 Å². The molecule has 38 heavy (non-hydrogen) atoms. The number of piperidine rings is 1. The highest BCUT2D eigenvalue weighted by Gasteiger charge is 2.57. The number of amides is 2. The van der Waals surface area contributed by atoms with E-state index >= 15 is 0 Å². The minimum atomic E-state index is -2.94. The summed E-state index contributed by atoms with van der Waals surface area (Å²) in [6, 6.07) is 1.04. The van der Waals surface area contributed by atoms with Crippen molar-refractivity contribution in [2.45, 2.75) is 69.1 Å². The number of pyridine rings is 1. The molecule has 3 aliphatic rings. The number of aromatic nitrogens is 4. The Balaban J connectivity index is 1.31. The summed E-state index contributed by atoms with van der Waals surface area (Å²) in [4.78, 5) is 20.3. The van der Waals surface area contributed by atoms with E-state index in [0.29, 0.717) is 40.8 Å². The standard InChI is InChI=1S/C25H28F5N7O/c1-22(2,26)11-35-10-19(36-12-25(29,30)13-36)15-8-31-16(7-18(15)35)20-17(9-32-34-20)33-21(38)37-14-24(27,28)6-5-23(37)3-4-23/h7-10H,3-6,11-14H2,1-2H3,(H,32,34)(H,33,38). The number of fused-ring (bicyclic) bond motifs is 1. The van der Waals surface area contributed by atoms with Gasteiger partial charge in [0.25, 0.3) is 11.8 Å². The number of alkyl halides is 5. The third kappa shape index (κ3) is 4.45. The second-order valence-electron chi connectivity index (χ2n) is 11.4. The SMILES string of the molecule is CC(C)(F)Cn1cc(N2CC(F)(F)C2)c2cnc(-c3[nH]ncc3NC(=O)N3CC(F)(F)CCC34CC4)cc21. The van der Waals surface area contributed by atoms with E-state index in [-0.39, 0.29) is 25.1 Å². The van der Waals surface area contributed by atoms with Gasteiger partial charge in [0, 0.05) is 29.7 Å². The largest absolute Gasteiger partial charge is 0.358 e. The maximum absolute atomic E-state index is 14.6. The van der Waals surface area contributed by atoms with Crippen LogP contribution >= 0.6 is 0 Å². The van der Waals surface area contributed by atoms with Crippen LogP contribution in [-0.2, 0) is 6.54 Å². The van der Waals surface area contributed by atoms with Crippen LogP contribution in [0.3, 0.4) is 0 Å². The van der Waals surface area contributed by atoms with Crippen LogP contribution in [0.15, 0.2) is 24.7 Å². The first-order valence-corrected chi connectivity index (χ1v) is 12.6. The smallest absolute Gasteiger partial charge is 0.322 e. The van der Waals surface area contributed by atoms with Crippen LogP contribution in [0.5, 0.6) is 0 Å². The fraction of sp³-hybridized carbons (Fsp3) is 0.560. The predicted octanol–water partition coefficient (Wildman–Crippen LogP) is 5.43. The second kappa shape index (κ2) is 8.06. The summed E-state index contributed by atoms with van der Waals surface area (Å²) in [6.07, 6.45) is 5.96. The Morgan fingerprint density at radius 2 is 1.79 bits per heavy atom. The molecule has 6 rings (SSSR count). The number of hydrogen-bond acceptors (Lipinski definition) is 4. The second-order valence-corrected chi connectivity index (χ2v) is 11.4. The first-order valence-electron chi connectivity index (χ1n) is 12.6. The number of nitrogens with one attached hydrogen (secondary N) is 2. The van der Waals surface area contributed by atoms with Gasteiger partial charge in [-0.25, -0.2) is 26.7 Å². The highest BCUT2D eigenvalue weighted by Crippen LogP contribution is 2.51. The molecule has 2 aliphatic heterocycles. The fourth-order valence-electron chi connectivity index (χ4n) is 5.51. The molecular formula is C25H28F5N7O. The summed E-state index contributed by atoms with van der Waals surface area (Å²) >= 11 is 0. The van der Waals surface area contributed by atoms with E-state index in [9.17, 15) is 26.7 Å². The van der Waals surface area contributed by atoms with E-state index in [1.54, 1.807) is 16.8 Å². The number of hydrogen-bond donors (Lipinski definition) is 2. The van der Waals surface area contributed by atoms with Crippen molar-refractivity contribution in [1.29, 1.82) is 0 Å². The van der Waals surface area contributed by atoms with Crippen LogP contribution in [0.25, 0.3) is 22.3 Å². The van der Waals surface area contributed by atoms with Crippen molar-refractivity contribution < 1.29 is 26.7 Å². The molecule has 0 aromatic carbocycles. The number of aromatic amines is 1. The summed E-state index contributed by atoms with van der Waals surface area (Å²) in [6.45, 7) is 1.34. The molecule has 2 saturated heterocycles. The zero-order valence-corrected chi connectivity index (χ0v) is 21.0. The molecule has 0 radical (unpaired) electrons. The molecule has 0 unspecified atom stereocenters. The average molecular weight is 538 g/mol. The van der Waals surface area contributed by atoms with Gasteiger partial charge in [-0.05, 0) is 39.2 Å². The van der Waals surface area contributed by atoms with Gasteiger partial charge in [-0.3, -0.25) is 10.1 Å². The highest BCUT2D eigenvalue weighted by molar-refractivity contribution is 5.97. The maximum atomic E-state index is 14.6. The zero-order chi connectivity index (χ0) is 27.1. The van der Waals surface area contributed by atoms with E-state index in [2.05, 4.69) is 20.5 Å². The van der Waals surface area contributed by atoms with Crippen molar-refractivity contribution in [3.05, 3.63) is 24.7 Å². The summed E-state index contributed by atoms with van der Waals surface area (Å²) in [7, 11) is 0. The summed E-state index contributed by atoms with van der Waals surface area (Å²) in [5.41, 5.74) is -0.00754. The minimum absolute atomic E-state index is 0.0188. The fourth-order valence-corrected chi connectivity index (χ4v) is 5.51. The summed E-state index contributed by atoms with van der Waals surface area (Å²) < 4.78 is 71.6. The lowest BCUT2D eigenvalue weighted by Crippen LogP contribution is -2.56. The third-order valence-corrected chi connectivity index (χ3v) is 7.60. The molecule has 3 fully saturated rings. The molecule has 8 nitrogen and oxygen atoms in total. The molecule has 2 amide bonds. The molecule has 0 bridgehead atoms. The predicted molar refractivity (Wildman–Crippen MR) is 132 cm³/mol. The molecule has 5 heterocycles. The Morgan fingerprint density at radius 1 is 1.08 bits per heavy atom. The van der Waals surface area contributed by atoms with Gasteiger partial charge < -0.3 is 19.7 Å². The van der Waals surface area contributed by atoms with Crippen molar-refractivity contribution in [2.75, 3.05) is 29.9 Å². The van der Waals surface area contributed by atoms with Gasteiger partial charge in [-0.2, -0.15) is 5.10 Å². The molecule has 1 spiro atoms. The van der Waals surface area contributed by atoms with Crippen molar-refractivity contribution in [3.63, 3.8) is 0 Å². The lowest BCUT2D eigenvalue weighted by atomic mass is 9.97. The quantitative estimate of drug-likeness (QED) is 0.426. The van der Waals surface area contributed by atoms with Gasteiger partial charge >= 0.3 is 6.03 Å². The molecule has 3 aromatic heterocycles. The number of anilines is 2. The van der Waals surface area contributed by atoms with Gasteiger partial charge in [-0.1, -0.05) is 0 Å². The number of likely N-dealkylation sites (tertiary alicyclic amines) is 1. The number of carbonyl (C=O) groups is 1. The van der Waals surface area contributed by atoms with Crippen LogP contribution in [0.1, 0.15) is 39.5 Å². The van der Waals surface area contributed by atoms with Crippen molar-refractivity contribution in [2.24, 2.45) is 0 Å². The van der Waals surface area contributed by atoms with Crippen LogP contribution < -0.4 is 10.2 Å². The molecule has 1 aliphatic carbocycles. The molecule has 13 heteroatoms. The molecular weight excluding hydrogens is 509 g/mol. The van der Waals surface area contributed by atoms with Crippen molar-refractivity contribution in [1.82, 2.24) is 24.6 Å². The monoisotopic (exact) mass is 537 g/mol. The van der Waals surface area contributed by atoms with Gasteiger partial charge in [0.1, 0.15) is 11.4 Å². The molecule has 204 valence electrons. The van der Waals surface area contributed by atoms with Gasteiger partial charge in [0.05, 0.1) is 55.0 Å². The Hall–Kier alpha value is -3.38. The van der Waals surface area contributed by atoms with E-state index in [1.807, 2.05) is 0 Å². The number of H-pyrrole nitrogens is 1. The summed E-state index contributed by atoms with van der Waals surface area (Å²) in [5.74, 6) is -5.72. The van der Waals surface area contributed by atoms with Gasteiger partial charge in [0.2, 0.25) is 0 Å². The first-order chi connectivity index (χ1) is 17.7. The van der Waals surface area contributed by atoms with E-state index in [1.165, 1.54) is 36.0 Å². The minimum Gasteiger partial charge on any atom is -0.358 e. The summed E-state index contributed by atoms with van der Waals surface area (Å²) in [5, 5.41) is 10.1. The Kier molecular flexibility index (Phi) is 5.29. The number of urea groups is 1. The van der Waals surface area contributed by atoms with Gasteiger partial charge in [0.15, 0.2) is 0 Å². The lowest BCUT2D eigenvalue weighted by molar-refractivity contribution is -0.0721. The highest BCUT2D eigenvalue weighted by atomic mass is 19.3. The third-order valence-electron chi connectivity index (χ3n) is 7.60. The number of halogens is 5. The Labute approximate surface area is 215 Å². The van der Waals surface area contributed by atoms with Gasteiger partial charge in [-0.15, -0.1) is 0 Å².